The molecule has 0 spiro atoms. The highest BCUT2D eigenvalue weighted by Crippen LogP contribution is 2.35. The molecule has 9 nitrogen and oxygen atoms in total. The Balaban J connectivity index is 1.76. The molecule has 0 bridgehead atoms. The van der Waals surface area contributed by atoms with Crippen LogP contribution in [-0.2, 0) is 11.8 Å². The Morgan fingerprint density at radius 3 is 2.44 bits per heavy atom. The number of fused-ring (bicyclic) bond motifs is 2. The number of rotatable bonds is 3. The van der Waals surface area contributed by atoms with E-state index in [-0.39, 0.29) is 28.1 Å². The number of aromatic nitrogens is 3. The number of pyridine rings is 1. The number of nitrogens with one attached hydrogen (secondary N) is 2. The molecule has 1 aliphatic rings. The monoisotopic (exact) mass is 456 g/mol. The van der Waals surface area contributed by atoms with Crippen molar-refractivity contribution in [1.29, 1.82) is 0 Å². The van der Waals surface area contributed by atoms with Gasteiger partial charge in [-0.15, -0.1) is 0 Å². The number of aryl methyl sites for hydroxylation is 1. The van der Waals surface area contributed by atoms with Gasteiger partial charge in [0.05, 0.1) is 28.0 Å². The number of benzene rings is 2. The number of nitrogens with zero attached hydrogens (tertiary/aromatic N) is 2. The summed E-state index contributed by atoms with van der Waals surface area (Å²) in [5.74, 6) is -1.38. The number of hydrogen-bond donors (Lipinski definition) is 3. The van der Waals surface area contributed by atoms with E-state index < -0.39 is 22.8 Å². The van der Waals surface area contributed by atoms with Crippen LogP contribution in [0.15, 0.2) is 63.7 Å². The van der Waals surface area contributed by atoms with Crippen molar-refractivity contribution in [1.82, 2.24) is 14.8 Å². The van der Waals surface area contributed by atoms with Crippen molar-refractivity contribution in [3.8, 4) is 17.0 Å². The summed E-state index contributed by atoms with van der Waals surface area (Å²) >= 11 is 0. The molecule has 1 aliphatic heterocycles. The third kappa shape index (κ3) is 2.94. The molecule has 3 N–H and O–H groups in total. The SMILES string of the molecule is CCN1C(=O)/C(=C/c2c(-c3c(O)c4ccccc4n(C)c3=O)[nH][nH]c2=O)C(=O)c2ccccc21. The van der Waals surface area contributed by atoms with Crippen LogP contribution >= 0.6 is 0 Å². The molecule has 0 saturated carbocycles. The highest BCUT2D eigenvalue weighted by atomic mass is 16.3. The summed E-state index contributed by atoms with van der Waals surface area (Å²) in [6.45, 7) is 2.11. The average molecular weight is 456 g/mol. The number of H-pyrrole nitrogens is 2. The first-order valence-electron chi connectivity index (χ1n) is 10.6. The fourth-order valence-electron chi connectivity index (χ4n) is 4.39. The highest BCUT2D eigenvalue weighted by Gasteiger charge is 2.34. The molecule has 0 unspecified atom stereocenters. The summed E-state index contributed by atoms with van der Waals surface area (Å²) in [6.07, 6.45) is 1.18. The van der Waals surface area contributed by atoms with Crippen molar-refractivity contribution < 1.29 is 14.7 Å². The van der Waals surface area contributed by atoms with Crippen molar-refractivity contribution >= 4 is 34.4 Å². The van der Waals surface area contributed by atoms with E-state index in [1.54, 1.807) is 62.5 Å². The van der Waals surface area contributed by atoms with E-state index in [4.69, 9.17) is 0 Å². The maximum atomic E-state index is 13.2. The molecule has 0 saturated heterocycles. The minimum atomic E-state index is -0.639. The maximum Gasteiger partial charge on any atom is 0.271 e. The van der Waals surface area contributed by atoms with Crippen molar-refractivity contribution in [2.24, 2.45) is 7.05 Å². The van der Waals surface area contributed by atoms with Gasteiger partial charge in [-0.25, -0.2) is 0 Å². The van der Waals surface area contributed by atoms with Gasteiger partial charge in [0.15, 0.2) is 0 Å². The molecule has 2 aromatic carbocycles. The van der Waals surface area contributed by atoms with Crippen molar-refractivity contribution in [3.05, 3.63) is 85.9 Å². The van der Waals surface area contributed by atoms with Gasteiger partial charge in [0.2, 0.25) is 5.78 Å². The summed E-state index contributed by atoms with van der Waals surface area (Å²) in [7, 11) is 1.56. The number of para-hydroxylation sites is 2. The van der Waals surface area contributed by atoms with E-state index in [0.29, 0.717) is 28.7 Å². The minimum absolute atomic E-state index is 0.0103. The minimum Gasteiger partial charge on any atom is -0.506 e. The molecule has 2 aromatic heterocycles. The highest BCUT2D eigenvalue weighted by molar-refractivity contribution is 6.36. The second-order valence-corrected chi connectivity index (χ2v) is 7.93. The normalized spacial score (nSPS) is 14.8. The van der Waals surface area contributed by atoms with E-state index >= 15 is 0 Å². The summed E-state index contributed by atoms with van der Waals surface area (Å²) in [5.41, 5.74) is -0.293. The zero-order valence-electron chi connectivity index (χ0n) is 18.4. The molecule has 9 heteroatoms. The summed E-state index contributed by atoms with van der Waals surface area (Å²) in [6, 6.07) is 13.6. The van der Waals surface area contributed by atoms with E-state index in [2.05, 4.69) is 10.2 Å². The third-order valence-corrected chi connectivity index (χ3v) is 6.11. The quantitative estimate of drug-likeness (QED) is 0.322. The van der Waals surface area contributed by atoms with Crippen LogP contribution in [0.4, 0.5) is 5.69 Å². The number of carbonyl (C=O) groups is 2. The van der Waals surface area contributed by atoms with E-state index in [9.17, 15) is 24.3 Å². The second kappa shape index (κ2) is 7.73. The largest absolute Gasteiger partial charge is 0.506 e. The Hall–Kier alpha value is -4.66. The predicted octanol–water partition coefficient (Wildman–Crippen LogP) is 2.56. The maximum absolute atomic E-state index is 13.2. The smallest absolute Gasteiger partial charge is 0.271 e. The third-order valence-electron chi connectivity index (χ3n) is 6.11. The number of Topliss-reactive ketones (excluding diaryl/α,β-unsaturated/α-hetero) is 1. The van der Waals surface area contributed by atoms with E-state index in [1.807, 2.05) is 0 Å². The van der Waals surface area contributed by atoms with Crippen LogP contribution in [0.5, 0.6) is 5.75 Å². The van der Waals surface area contributed by atoms with Gasteiger partial charge in [0.1, 0.15) is 11.3 Å². The van der Waals surface area contributed by atoms with Crippen LogP contribution in [-0.4, -0.2) is 38.1 Å². The zero-order valence-corrected chi connectivity index (χ0v) is 18.4. The number of carbonyl (C=O) groups excluding carboxylic acids is 2. The lowest BCUT2D eigenvalue weighted by Gasteiger charge is -2.28. The number of likely N-dealkylation sites (N-methyl/N-ethyl adjacent to an activating group) is 1. The van der Waals surface area contributed by atoms with E-state index in [1.165, 1.54) is 15.5 Å². The van der Waals surface area contributed by atoms with Crippen LogP contribution in [0.25, 0.3) is 28.2 Å². The molecular formula is C25H20N4O5. The van der Waals surface area contributed by atoms with Crippen molar-refractivity contribution in [2.75, 3.05) is 11.4 Å². The fraction of sp³-hybridized carbons (Fsp3) is 0.120. The Morgan fingerprint density at radius 2 is 1.68 bits per heavy atom. The van der Waals surface area contributed by atoms with Crippen LogP contribution in [0.2, 0.25) is 0 Å². The van der Waals surface area contributed by atoms with Gasteiger partial charge >= 0.3 is 0 Å². The Morgan fingerprint density at radius 1 is 0.971 bits per heavy atom. The second-order valence-electron chi connectivity index (χ2n) is 7.93. The first-order valence-corrected chi connectivity index (χ1v) is 10.6. The number of hydrogen-bond acceptors (Lipinski definition) is 5. The molecule has 1 amide bonds. The fourth-order valence-corrected chi connectivity index (χ4v) is 4.39. The summed E-state index contributed by atoms with van der Waals surface area (Å²) in [5, 5.41) is 16.4. The van der Waals surface area contributed by atoms with Gasteiger partial charge in [-0.3, -0.25) is 29.4 Å². The number of aromatic amines is 2. The Bertz CT molecular complexity index is 1650. The molecule has 0 radical (unpaired) electrons. The van der Waals surface area contributed by atoms with Gasteiger partial charge in [0, 0.05) is 24.5 Å². The first kappa shape index (κ1) is 21.2. The molecule has 3 heterocycles. The molecule has 0 fully saturated rings. The predicted molar refractivity (Wildman–Crippen MR) is 128 cm³/mol. The van der Waals surface area contributed by atoms with Crippen molar-refractivity contribution in [3.63, 3.8) is 0 Å². The molecule has 5 rings (SSSR count). The topological polar surface area (TPSA) is 128 Å². The number of anilines is 1. The van der Waals surface area contributed by atoms with Gasteiger partial charge in [0.25, 0.3) is 17.0 Å². The Kier molecular flexibility index (Phi) is 4.82. The van der Waals surface area contributed by atoms with Gasteiger partial charge in [-0.05, 0) is 37.3 Å². The Labute approximate surface area is 192 Å². The molecule has 170 valence electrons. The van der Waals surface area contributed by atoms with Crippen LogP contribution in [0.3, 0.4) is 0 Å². The van der Waals surface area contributed by atoms with Crippen LogP contribution < -0.4 is 16.0 Å². The molecular weight excluding hydrogens is 436 g/mol. The lowest BCUT2D eigenvalue weighted by Crippen LogP contribution is -2.39. The van der Waals surface area contributed by atoms with Gasteiger partial charge in [-0.1, -0.05) is 24.3 Å². The van der Waals surface area contributed by atoms with Crippen molar-refractivity contribution in [2.45, 2.75) is 6.92 Å². The zero-order chi connectivity index (χ0) is 24.1. The van der Waals surface area contributed by atoms with Crippen LogP contribution in [0, 0.1) is 0 Å². The molecule has 34 heavy (non-hydrogen) atoms. The molecule has 0 aliphatic carbocycles. The standard InChI is InChI=1S/C25H20N4O5/c1-3-29-18-11-7-5-9-14(18)21(30)16(24(29)33)12-15-20(26-27-23(15)32)19-22(31)13-8-4-6-10-17(13)28(2)25(19)34/h4-12,31H,3H2,1-2H3,(H2,26,27,32)/b16-12+. The summed E-state index contributed by atoms with van der Waals surface area (Å²) in [4.78, 5) is 53.7. The number of ketones is 1. The first-order chi connectivity index (χ1) is 16.3. The lowest BCUT2D eigenvalue weighted by molar-refractivity contribution is -0.114. The van der Waals surface area contributed by atoms with Gasteiger partial charge < -0.3 is 14.6 Å². The van der Waals surface area contributed by atoms with Crippen LogP contribution in [0.1, 0.15) is 22.8 Å². The lowest BCUT2D eigenvalue weighted by atomic mass is 9.93. The van der Waals surface area contributed by atoms with Gasteiger partial charge in [-0.2, -0.15) is 0 Å². The van der Waals surface area contributed by atoms with E-state index in [0.717, 1.165) is 0 Å². The summed E-state index contributed by atoms with van der Waals surface area (Å²) < 4.78 is 1.36. The number of amides is 1. The molecule has 4 aromatic rings. The number of aromatic hydroxyl groups is 1. The average Bonchev–Trinajstić information content (AvgIpc) is 3.20. The molecule has 0 atom stereocenters.